The number of aromatic carboxylic acids is 1. The van der Waals surface area contributed by atoms with E-state index in [0.717, 1.165) is 5.56 Å². The highest BCUT2D eigenvalue weighted by atomic mass is 32.1. The number of carboxylic acids is 1. The predicted octanol–water partition coefficient (Wildman–Crippen LogP) is 2.00. The third kappa shape index (κ3) is 2.07. The maximum atomic E-state index is 10.8. The van der Waals surface area contributed by atoms with Crippen LogP contribution in [-0.4, -0.2) is 20.9 Å². The number of hydrogen-bond acceptors (Lipinski definition) is 3. The van der Waals surface area contributed by atoms with Gasteiger partial charge in [0.2, 0.25) is 0 Å². The van der Waals surface area contributed by atoms with Crippen molar-refractivity contribution < 1.29 is 9.90 Å². The van der Waals surface area contributed by atoms with Gasteiger partial charge in [-0.3, -0.25) is 4.68 Å². The second kappa shape index (κ2) is 3.86. The first kappa shape index (κ1) is 9.92. The van der Waals surface area contributed by atoms with Gasteiger partial charge in [-0.2, -0.15) is 16.4 Å². The topological polar surface area (TPSA) is 55.1 Å². The fraction of sp³-hybridized carbons (Fsp3) is 0.200. The Hall–Kier alpha value is -1.62. The molecule has 2 aromatic heterocycles. The quantitative estimate of drug-likeness (QED) is 0.864. The van der Waals surface area contributed by atoms with Crippen molar-refractivity contribution >= 4 is 17.3 Å². The van der Waals surface area contributed by atoms with Gasteiger partial charge in [-0.25, -0.2) is 4.79 Å². The van der Waals surface area contributed by atoms with Gasteiger partial charge in [0, 0.05) is 11.8 Å². The van der Waals surface area contributed by atoms with Crippen molar-refractivity contribution in [3.8, 4) is 0 Å². The summed E-state index contributed by atoms with van der Waals surface area (Å²) >= 11 is 1.62. The minimum atomic E-state index is -0.975. The van der Waals surface area contributed by atoms with Crippen LogP contribution in [0.4, 0.5) is 0 Å². The number of nitrogens with zero attached hydrogens (tertiary/aromatic N) is 2. The van der Waals surface area contributed by atoms with Gasteiger partial charge in [-0.15, -0.1) is 0 Å². The molecule has 0 aliphatic heterocycles. The summed E-state index contributed by atoms with van der Waals surface area (Å²) in [5.41, 5.74) is 1.96. The second-order valence-electron chi connectivity index (χ2n) is 3.30. The van der Waals surface area contributed by atoms with E-state index in [0.29, 0.717) is 12.1 Å². The smallest absolute Gasteiger partial charge is 0.356 e. The molecule has 2 aromatic rings. The molecule has 5 heteroatoms. The van der Waals surface area contributed by atoms with Crippen LogP contribution >= 0.6 is 11.3 Å². The monoisotopic (exact) mass is 222 g/mol. The molecule has 0 bridgehead atoms. The zero-order valence-electron chi connectivity index (χ0n) is 8.17. The summed E-state index contributed by atoms with van der Waals surface area (Å²) in [4.78, 5) is 10.8. The number of carbonyl (C=O) groups is 1. The van der Waals surface area contributed by atoms with Crippen LogP contribution in [-0.2, 0) is 6.54 Å². The number of rotatable bonds is 3. The first-order chi connectivity index (χ1) is 7.16. The Kier molecular flexibility index (Phi) is 2.55. The van der Waals surface area contributed by atoms with Crippen molar-refractivity contribution in [1.82, 2.24) is 9.78 Å². The van der Waals surface area contributed by atoms with Gasteiger partial charge in [-0.1, -0.05) is 0 Å². The molecule has 0 radical (unpaired) electrons. The van der Waals surface area contributed by atoms with Crippen LogP contribution in [0.2, 0.25) is 0 Å². The highest BCUT2D eigenvalue weighted by Crippen LogP contribution is 2.10. The predicted molar refractivity (Wildman–Crippen MR) is 57.3 cm³/mol. The molecule has 0 aliphatic rings. The summed E-state index contributed by atoms with van der Waals surface area (Å²) in [6.07, 6.45) is 1.75. The molecule has 0 aromatic carbocycles. The Balaban J connectivity index is 2.23. The van der Waals surface area contributed by atoms with Gasteiger partial charge >= 0.3 is 5.97 Å². The number of thiophene rings is 1. The van der Waals surface area contributed by atoms with E-state index in [2.05, 4.69) is 5.10 Å². The maximum absolute atomic E-state index is 10.8. The van der Waals surface area contributed by atoms with E-state index in [1.165, 1.54) is 0 Å². The number of aromatic nitrogens is 2. The molecule has 0 saturated heterocycles. The number of hydrogen-bond donors (Lipinski definition) is 1. The highest BCUT2D eigenvalue weighted by molar-refractivity contribution is 7.07. The van der Waals surface area contributed by atoms with Crippen molar-refractivity contribution in [3.63, 3.8) is 0 Å². The molecule has 0 saturated carbocycles. The summed E-state index contributed by atoms with van der Waals surface area (Å²) < 4.78 is 1.65. The molecule has 2 rings (SSSR count). The fourth-order valence-electron chi connectivity index (χ4n) is 1.38. The molecule has 0 spiro atoms. The molecular weight excluding hydrogens is 212 g/mol. The Morgan fingerprint density at radius 2 is 2.47 bits per heavy atom. The molecule has 0 atom stereocenters. The van der Waals surface area contributed by atoms with Crippen LogP contribution in [0.5, 0.6) is 0 Å². The van der Waals surface area contributed by atoms with Crippen LogP contribution < -0.4 is 0 Å². The zero-order valence-corrected chi connectivity index (χ0v) is 8.99. The van der Waals surface area contributed by atoms with Gasteiger partial charge in [-0.05, 0) is 29.3 Å². The van der Waals surface area contributed by atoms with Crippen LogP contribution in [0.25, 0.3) is 0 Å². The summed E-state index contributed by atoms with van der Waals surface area (Å²) in [5.74, 6) is -0.975. The maximum Gasteiger partial charge on any atom is 0.356 e. The molecule has 0 amide bonds. The second-order valence-corrected chi connectivity index (χ2v) is 4.08. The summed E-state index contributed by atoms with van der Waals surface area (Å²) in [6.45, 7) is 2.37. The minimum Gasteiger partial charge on any atom is -0.476 e. The van der Waals surface area contributed by atoms with Crippen LogP contribution in [0.15, 0.2) is 23.0 Å². The lowest BCUT2D eigenvalue weighted by atomic mass is 10.3. The largest absolute Gasteiger partial charge is 0.476 e. The van der Waals surface area contributed by atoms with Crippen molar-refractivity contribution in [2.24, 2.45) is 0 Å². The summed E-state index contributed by atoms with van der Waals surface area (Å²) in [5, 5.41) is 16.9. The molecule has 4 nitrogen and oxygen atoms in total. The van der Waals surface area contributed by atoms with Gasteiger partial charge < -0.3 is 5.11 Å². The van der Waals surface area contributed by atoms with Gasteiger partial charge in [0.25, 0.3) is 0 Å². The van der Waals surface area contributed by atoms with Crippen molar-refractivity contribution in [2.75, 3.05) is 0 Å². The molecule has 1 N–H and O–H groups in total. The fourth-order valence-corrected chi connectivity index (χ4v) is 2.04. The number of aryl methyl sites for hydroxylation is 1. The van der Waals surface area contributed by atoms with Gasteiger partial charge in [0.15, 0.2) is 5.69 Å². The Bertz CT molecular complexity index is 474. The van der Waals surface area contributed by atoms with E-state index in [4.69, 9.17) is 5.11 Å². The molecule has 0 unspecified atom stereocenters. The van der Waals surface area contributed by atoms with Crippen LogP contribution in [0.3, 0.4) is 0 Å². The van der Waals surface area contributed by atoms with Crippen LogP contribution in [0, 0.1) is 6.92 Å². The Morgan fingerprint density at radius 1 is 1.67 bits per heavy atom. The van der Waals surface area contributed by atoms with Crippen molar-refractivity contribution in [1.29, 1.82) is 0 Å². The molecule has 78 valence electrons. The SMILES string of the molecule is Cc1cn(Cc2ccsc2)nc1C(=O)O. The number of carboxylic acid groups (broad SMARTS) is 1. The normalized spacial score (nSPS) is 10.5. The summed E-state index contributed by atoms with van der Waals surface area (Å²) in [7, 11) is 0. The Morgan fingerprint density at radius 3 is 3.00 bits per heavy atom. The molecule has 0 fully saturated rings. The van der Waals surface area contributed by atoms with Crippen LogP contribution in [0.1, 0.15) is 21.6 Å². The first-order valence-electron chi connectivity index (χ1n) is 4.45. The van der Waals surface area contributed by atoms with E-state index in [9.17, 15) is 4.79 Å². The minimum absolute atomic E-state index is 0.130. The lowest BCUT2D eigenvalue weighted by Crippen LogP contribution is -2.03. The van der Waals surface area contributed by atoms with E-state index in [-0.39, 0.29) is 5.69 Å². The zero-order chi connectivity index (χ0) is 10.8. The average Bonchev–Trinajstić information content (AvgIpc) is 2.75. The van der Waals surface area contributed by atoms with Gasteiger partial charge in [0.1, 0.15) is 0 Å². The third-order valence-electron chi connectivity index (χ3n) is 2.07. The van der Waals surface area contributed by atoms with Crippen molar-refractivity contribution in [3.05, 3.63) is 39.8 Å². The Labute approximate surface area is 90.8 Å². The highest BCUT2D eigenvalue weighted by Gasteiger charge is 2.12. The van der Waals surface area contributed by atoms with Gasteiger partial charge in [0.05, 0.1) is 6.54 Å². The lowest BCUT2D eigenvalue weighted by Gasteiger charge is -1.96. The molecule has 15 heavy (non-hydrogen) atoms. The standard InChI is InChI=1S/C10H10N2O2S/c1-7-4-12(11-9(7)10(13)14)5-8-2-3-15-6-8/h2-4,6H,5H2,1H3,(H,13,14). The van der Waals surface area contributed by atoms with E-state index in [1.807, 2.05) is 16.8 Å². The van der Waals surface area contributed by atoms with E-state index < -0.39 is 5.97 Å². The lowest BCUT2D eigenvalue weighted by molar-refractivity contribution is 0.0688. The van der Waals surface area contributed by atoms with E-state index in [1.54, 1.807) is 29.1 Å². The third-order valence-corrected chi connectivity index (χ3v) is 2.80. The average molecular weight is 222 g/mol. The molecule has 2 heterocycles. The summed E-state index contributed by atoms with van der Waals surface area (Å²) in [6, 6.07) is 2.00. The molecular formula is C10H10N2O2S. The first-order valence-corrected chi connectivity index (χ1v) is 5.39. The molecule has 0 aliphatic carbocycles. The van der Waals surface area contributed by atoms with Crippen molar-refractivity contribution in [2.45, 2.75) is 13.5 Å². The van der Waals surface area contributed by atoms with E-state index >= 15 is 0 Å².